The molecule has 3 rings (SSSR count). The van der Waals surface area contributed by atoms with Gasteiger partial charge in [0.25, 0.3) is 12.2 Å². The number of thiol groups is 1. The van der Waals surface area contributed by atoms with E-state index in [9.17, 15) is 48.7 Å². The lowest BCUT2D eigenvalue weighted by atomic mass is 9.77. The maximum Gasteiger partial charge on any atom is 0.475 e. The van der Waals surface area contributed by atoms with Crippen molar-refractivity contribution in [3.05, 3.63) is 35.4 Å². The topological polar surface area (TPSA) is 368 Å². The summed E-state index contributed by atoms with van der Waals surface area (Å²) < 4.78 is 10.0. The number of likely N-dealkylation sites (tertiary alicyclic amines) is 1. The number of ketones is 1. The lowest BCUT2D eigenvalue weighted by Crippen LogP contribution is -2.49. The third-order valence-electron chi connectivity index (χ3n) is 9.71. The number of β-amino-alcohol motifs (C(OH)–C–C–N with tert-alkyl or cyclic N) is 1. The van der Waals surface area contributed by atoms with Gasteiger partial charge in [-0.05, 0) is 63.4 Å². The van der Waals surface area contributed by atoms with Crippen LogP contribution in [0.2, 0.25) is 0 Å². The maximum absolute atomic E-state index is 12.4. The average Bonchev–Trinajstić information content (AvgIpc) is 3.74. The fourth-order valence-electron chi connectivity index (χ4n) is 6.00. The van der Waals surface area contributed by atoms with Gasteiger partial charge in [0.05, 0.1) is 50.8 Å². The fraction of sp³-hybridized carbons (Fsp3) is 0.659. The lowest BCUT2D eigenvalue weighted by Gasteiger charge is -2.23. The molecule has 4 atom stereocenters. The van der Waals surface area contributed by atoms with Crippen molar-refractivity contribution in [2.45, 2.75) is 89.7 Å². The Kier molecular flexibility index (Phi) is 31.6. The summed E-state index contributed by atoms with van der Waals surface area (Å²) in [6.07, 6.45) is 1.50. The van der Waals surface area contributed by atoms with Crippen LogP contribution in [0.25, 0.3) is 0 Å². The smallest absolute Gasteiger partial charge is 0.426 e. The molecular formula is C41H73BN12O12S. The van der Waals surface area contributed by atoms with E-state index in [1.54, 1.807) is 24.3 Å². The van der Waals surface area contributed by atoms with Gasteiger partial charge in [0.1, 0.15) is 5.78 Å². The van der Waals surface area contributed by atoms with Gasteiger partial charge in [0, 0.05) is 63.6 Å². The molecular weight excluding hydrogens is 895 g/mol. The van der Waals surface area contributed by atoms with E-state index in [0.29, 0.717) is 89.4 Å². The van der Waals surface area contributed by atoms with Crippen molar-refractivity contribution in [2.24, 2.45) is 22.2 Å². The zero-order chi connectivity index (χ0) is 50.1. The van der Waals surface area contributed by atoms with Crippen molar-refractivity contribution in [3.8, 4) is 0 Å². The van der Waals surface area contributed by atoms with Crippen LogP contribution < -0.4 is 49.1 Å². The number of Topliss-reactive ketones (excluding diaryl/α,β-unsaturated/α-hetero) is 1. The molecule has 2 heterocycles. The second kappa shape index (κ2) is 35.3. The highest BCUT2D eigenvalue weighted by molar-refractivity contribution is 7.80. The summed E-state index contributed by atoms with van der Waals surface area (Å²) >= 11 is 4.00. The Morgan fingerprint density at radius 3 is 2.37 bits per heavy atom. The van der Waals surface area contributed by atoms with Crippen LogP contribution in [0.1, 0.15) is 74.7 Å². The molecule has 67 heavy (non-hydrogen) atoms. The molecule has 2 aliphatic heterocycles. The van der Waals surface area contributed by atoms with Crippen molar-refractivity contribution < 1.29 is 58.2 Å². The molecule has 2 fully saturated rings. The highest BCUT2D eigenvalue weighted by Gasteiger charge is 2.41. The monoisotopic (exact) mass is 969 g/mol. The van der Waals surface area contributed by atoms with E-state index in [1.807, 2.05) is 25.8 Å². The first kappa shape index (κ1) is 60.1. The number of carbonyl (C=O) groups is 7. The Hall–Kier alpha value is -4.93. The quantitative estimate of drug-likeness (QED) is 0.00886. The predicted octanol–water partition coefficient (Wildman–Crippen LogP) is -4.34. The Labute approximate surface area is 398 Å². The number of unbranched alkanes of at least 4 members (excludes halogenated alkanes) is 1. The number of guanidine groups is 1. The predicted molar refractivity (Wildman–Crippen MR) is 254 cm³/mol. The SMILES string of the molecule is CCC(=O)CN(C)CS.CCNCC(=O)OC1CNCCNCC(=O)O1.NC(N)=NCCC[C@H](N)C(=O)NCCCCC(=O)NCc1ccc(C(=O)NCC(=O)N2CC(O)C[C@H]2B(O)O)cc1. The minimum absolute atomic E-state index is 0.000549. The lowest BCUT2D eigenvalue weighted by molar-refractivity contribution is -0.185. The van der Waals surface area contributed by atoms with Crippen LogP contribution in [-0.2, 0) is 44.8 Å². The van der Waals surface area contributed by atoms with Crippen LogP contribution in [0.15, 0.2) is 29.3 Å². The van der Waals surface area contributed by atoms with Gasteiger partial charge in [-0.3, -0.25) is 43.5 Å². The number of aliphatic imine (C=N–C) groups is 1. The van der Waals surface area contributed by atoms with Crippen LogP contribution in [0.4, 0.5) is 0 Å². The van der Waals surface area contributed by atoms with Crippen LogP contribution in [0.3, 0.4) is 0 Å². The summed E-state index contributed by atoms with van der Waals surface area (Å²) in [7, 11) is 0.0949. The number of nitrogens with two attached hydrogens (primary N) is 3. The summed E-state index contributed by atoms with van der Waals surface area (Å²) in [6, 6.07) is 5.85. The Balaban J connectivity index is 0.000000701. The minimum Gasteiger partial charge on any atom is -0.426 e. The summed E-state index contributed by atoms with van der Waals surface area (Å²) in [4.78, 5) is 89.1. The molecule has 2 saturated heterocycles. The normalized spacial score (nSPS) is 17.3. The first-order valence-corrected chi connectivity index (χ1v) is 22.9. The number of nitrogens with one attached hydrogen (secondary N) is 6. The standard InChI is InChI=1S/C25H41BN8O7.C10H19N3O4.C6H13NOS/c27-19(4-3-11-31-25(28)29)24(39)30-10-2-1-5-21(36)32-13-16-6-8-17(9-7-16)23(38)33-14-22(37)34-15-18(35)12-20(34)26(40)41;1-2-11-5-8(14)16-10-7-13-4-3-12-6-9(15)17-10;1-3-6(8)4-7(2)5-9/h6-9,18-20,35,40-41H,1-5,10-15,27H2,(H,30,39)(H,32,36)(H,33,38)(H4,28,29,31);10-13H,2-7H2,1H3;9H,3-5H2,1-2H3/t18?,19-,20-;;/m0../s1. The number of ether oxygens (including phenoxy) is 2. The summed E-state index contributed by atoms with van der Waals surface area (Å²) in [5.41, 5.74) is 17.4. The second-order valence-electron chi connectivity index (χ2n) is 15.5. The van der Waals surface area contributed by atoms with Crippen LogP contribution in [-0.4, -0.2) is 189 Å². The number of cyclic esters (lactones) is 1. The number of hydrogen-bond acceptors (Lipinski definition) is 19. The van der Waals surface area contributed by atoms with Gasteiger partial charge in [0.2, 0.25) is 17.7 Å². The molecule has 0 saturated carbocycles. The molecule has 0 aliphatic carbocycles. The van der Waals surface area contributed by atoms with Gasteiger partial charge in [-0.15, -0.1) is 0 Å². The fourth-order valence-corrected chi connectivity index (χ4v) is 6.10. The second-order valence-corrected chi connectivity index (χ2v) is 15.8. The number of benzene rings is 1. The van der Waals surface area contributed by atoms with Crippen LogP contribution >= 0.6 is 12.6 Å². The third kappa shape index (κ3) is 28.1. The van der Waals surface area contributed by atoms with Gasteiger partial charge in [-0.1, -0.05) is 26.0 Å². The van der Waals surface area contributed by atoms with Crippen molar-refractivity contribution in [1.29, 1.82) is 0 Å². The molecule has 2 aliphatic rings. The first-order valence-electron chi connectivity index (χ1n) is 22.3. The van der Waals surface area contributed by atoms with Crippen molar-refractivity contribution in [2.75, 3.05) is 84.9 Å². The summed E-state index contributed by atoms with van der Waals surface area (Å²) in [6.45, 7) is 7.58. The van der Waals surface area contributed by atoms with E-state index in [1.165, 1.54) is 0 Å². The number of aliphatic hydroxyl groups excluding tert-OH is 1. The van der Waals surface area contributed by atoms with E-state index in [-0.39, 0.29) is 69.1 Å². The zero-order valence-electron chi connectivity index (χ0n) is 38.9. The third-order valence-corrected chi connectivity index (χ3v) is 10.2. The van der Waals surface area contributed by atoms with Crippen LogP contribution in [0.5, 0.6) is 0 Å². The molecule has 1 aromatic carbocycles. The molecule has 15 N–H and O–H groups in total. The summed E-state index contributed by atoms with van der Waals surface area (Å²) in [5.74, 6) is -2.29. The first-order chi connectivity index (χ1) is 31.9. The molecule has 378 valence electrons. The van der Waals surface area contributed by atoms with E-state index < -0.39 is 55.2 Å². The Morgan fingerprint density at radius 1 is 1.03 bits per heavy atom. The van der Waals surface area contributed by atoms with Gasteiger partial charge < -0.3 is 78.6 Å². The van der Waals surface area contributed by atoms with E-state index >= 15 is 0 Å². The van der Waals surface area contributed by atoms with E-state index in [0.717, 1.165) is 10.5 Å². The van der Waals surface area contributed by atoms with Crippen LogP contribution in [0, 0.1) is 0 Å². The number of carbonyl (C=O) groups excluding carboxylic acids is 7. The van der Waals surface area contributed by atoms with Gasteiger partial charge >= 0.3 is 19.1 Å². The van der Waals surface area contributed by atoms with Gasteiger partial charge in [-0.2, -0.15) is 12.6 Å². The summed E-state index contributed by atoms with van der Waals surface area (Å²) in [5, 5.41) is 45.3. The molecule has 1 aromatic rings. The highest BCUT2D eigenvalue weighted by Crippen LogP contribution is 2.18. The zero-order valence-corrected chi connectivity index (χ0v) is 39.8. The van der Waals surface area contributed by atoms with Gasteiger partial charge in [-0.25, -0.2) is 0 Å². The number of amides is 4. The van der Waals surface area contributed by atoms with Crippen molar-refractivity contribution in [1.82, 2.24) is 41.7 Å². The molecule has 0 bridgehead atoms. The van der Waals surface area contributed by atoms with Crippen molar-refractivity contribution in [3.63, 3.8) is 0 Å². The molecule has 24 nitrogen and oxygen atoms in total. The number of aliphatic hydroxyl groups is 1. The molecule has 0 spiro atoms. The Bertz CT molecular complexity index is 1700. The van der Waals surface area contributed by atoms with Crippen molar-refractivity contribution >= 4 is 67.1 Å². The van der Waals surface area contributed by atoms with E-state index in [4.69, 9.17) is 26.7 Å². The number of hydrogen-bond donors (Lipinski definition) is 13. The molecule has 0 aromatic heterocycles. The number of esters is 2. The number of nitrogens with zero attached hydrogens (tertiary/aromatic N) is 3. The highest BCUT2D eigenvalue weighted by atomic mass is 32.1. The Morgan fingerprint density at radius 2 is 1.73 bits per heavy atom. The van der Waals surface area contributed by atoms with Gasteiger partial charge in [0.15, 0.2) is 5.96 Å². The molecule has 0 radical (unpaired) electrons. The molecule has 2 unspecified atom stereocenters. The largest absolute Gasteiger partial charge is 0.475 e. The molecule has 26 heteroatoms. The average molecular weight is 969 g/mol. The minimum atomic E-state index is -1.78. The number of rotatable bonds is 24. The van der Waals surface area contributed by atoms with E-state index in [2.05, 4.69) is 49.5 Å². The maximum atomic E-state index is 12.4. The molecule has 4 amide bonds. The number of likely N-dealkylation sites (N-methyl/N-ethyl adjacent to an activating group) is 2.